The molecule has 1 rings (SSSR count). The van der Waals surface area contributed by atoms with E-state index in [2.05, 4.69) is 10.6 Å². The molecule has 0 saturated heterocycles. The van der Waals surface area contributed by atoms with Crippen LogP contribution >= 0.6 is 0 Å². The van der Waals surface area contributed by atoms with Gasteiger partial charge in [0, 0.05) is 38.3 Å². The van der Waals surface area contributed by atoms with Crippen LogP contribution in [0.2, 0.25) is 0 Å². The van der Waals surface area contributed by atoms with Crippen LogP contribution in [0.3, 0.4) is 0 Å². The predicted molar refractivity (Wildman–Crippen MR) is 84.9 cm³/mol. The van der Waals surface area contributed by atoms with Crippen LogP contribution in [-0.4, -0.2) is 56.6 Å². The Morgan fingerprint density at radius 2 is 1.70 bits per heavy atom. The van der Waals surface area contributed by atoms with E-state index in [1.807, 2.05) is 6.92 Å². The van der Waals surface area contributed by atoms with Crippen LogP contribution in [0.1, 0.15) is 39.5 Å². The molecule has 0 heterocycles. The number of Topliss-reactive ketones (excluding diaryl/α,β-unsaturated/α-hetero) is 1. The minimum Gasteiger partial charge on any atom is -0.379 e. The van der Waals surface area contributed by atoms with E-state index in [-0.39, 0.29) is 29.6 Å². The molecule has 0 aromatic carbocycles. The van der Waals surface area contributed by atoms with Crippen molar-refractivity contribution in [2.75, 3.05) is 33.0 Å². The molecule has 0 spiro atoms. The molecule has 0 atom stereocenters. The summed E-state index contributed by atoms with van der Waals surface area (Å²) in [4.78, 5) is 33.7. The molecule has 1 fully saturated rings. The maximum Gasteiger partial charge on any atom is 0.222 e. The van der Waals surface area contributed by atoms with Crippen molar-refractivity contribution in [3.05, 3.63) is 0 Å². The van der Waals surface area contributed by atoms with Crippen molar-refractivity contribution in [3.8, 4) is 0 Å². The Labute approximate surface area is 137 Å². The van der Waals surface area contributed by atoms with Crippen LogP contribution in [0.4, 0.5) is 0 Å². The highest BCUT2D eigenvalue weighted by atomic mass is 16.5. The van der Waals surface area contributed by atoms with Crippen molar-refractivity contribution in [1.29, 1.82) is 0 Å². The summed E-state index contributed by atoms with van der Waals surface area (Å²) in [6.07, 6.45) is 2.42. The fourth-order valence-electron chi connectivity index (χ4n) is 2.37. The summed E-state index contributed by atoms with van der Waals surface area (Å²) in [6, 6.07) is 0.139. The van der Waals surface area contributed by atoms with Gasteiger partial charge in [-0.1, -0.05) is 6.92 Å². The number of amides is 2. The zero-order valence-corrected chi connectivity index (χ0v) is 14.1. The molecule has 23 heavy (non-hydrogen) atoms. The zero-order chi connectivity index (χ0) is 17.1. The Balaban J connectivity index is 1.88. The Morgan fingerprint density at radius 1 is 1.04 bits per heavy atom. The van der Waals surface area contributed by atoms with E-state index in [1.165, 1.54) is 6.92 Å². The second kappa shape index (κ2) is 11.1. The van der Waals surface area contributed by atoms with Crippen molar-refractivity contribution in [2.45, 2.75) is 45.6 Å². The molecule has 1 saturated carbocycles. The molecule has 1 aliphatic carbocycles. The van der Waals surface area contributed by atoms with E-state index in [0.717, 1.165) is 12.8 Å². The Kier molecular flexibility index (Phi) is 9.47. The lowest BCUT2D eigenvalue weighted by Crippen LogP contribution is -2.46. The number of hydrogen-bond donors (Lipinski definition) is 2. The number of carbonyl (C=O) groups excluding carboxylic acids is 3. The Bertz CT molecular complexity index is 394. The summed E-state index contributed by atoms with van der Waals surface area (Å²) >= 11 is 0. The van der Waals surface area contributed by atoms with E-state index < -0.39 is 0 Å². The topological polar surface area (TPSA) is 93.7 Å². The first kappa shape index (κ1) is 19.6. The molecule has 7 heteroatoms. The van der Waals surface area contributed by atoms with Gasteiger partial charge < -0.3 is 20.1 Å². The molecular weight excluding hydrogens is 300 g/mol. The first-order valence-electron chi connectivity index (χ1n) is 8.25. The lowest BCUT2D eigenvalue weighted by molar-refractivity contribution is -0.129. The van der Waals surface area contributed by atoms with Crippen LogP contribution in [0.15, 0.2) is 0 Å². The molecule has 1 aliphatic rings. The van der Waals surface area contributed by atoms with E-state index in [4.69, 9.17) is 9.47 Å². The minimum absolute atomic E-state index is 0.0380. The molecule has 7 nitrogen and oxygen atoms in total. The van der Waals surface area contributed by atoms with Gasteiger partial charge in [-0.3, -0.25) is 14.4 Å². The van der Waals surface area contributed by atoms with Crippen LogP contribution in [-0.2, 0) is 23.9 Å². The van der Waals surface area contributed by atoms with Gasteiger partial charge in [0.1, 0.15) is 5.78 Å². The van der Waals surface area contributed by atoms with Crippen molar-refractivity contribution < 1.29 is 23.9 Å². The van der Waals surface area contributed by atoms with Gasteiger partial charge in [0.05, 0.1) is 26.4 Å². The van der Waals surface area contributed by atoms with Crippen LogP contribution in [0.25, 0.3) is 0 Å². The first-order chi connectivity index (χ1) is 11.0. The van der Waals surface area contributed by atoms with Crippen molar-refractivity contribution >= 4 is 17.6 Å². The molecule has 0 aromatic rings. The number of rotatable bonds is 12. The predicted octanol–water partition coefficient (Wildman–Crippen LogP) is 0.420. The maximum atomic E-state index is 11.7. The largest absolute Gasteiger partial charge is 0.379 e. The van der Waals surface area contributed by atoms with Crippen LogP contribution in [0, 0.1) is 5.92 Å². The summed E-state index contributed by atoms with van der Waals surface area (Å²) in [5.74, 6) is 0.310. The van der Waals surface area contributed by atoms with Gasteiger partial charge in [-0.05, 0) is 12.8 Å². The smallest absolute Gasteiger partial charge is 0.222 e. The van der Waals surface area contributed by atoms with Crippen LogP contribution in [0.5, 0.6) is 0 Å². The van der Waals surface area contributed by atoms with Gasteiger partial charge in [-0.2, -0.15) is 0 Å². The standard InChI is InChI=1S/C16H28N2O5/c1-3-15(20)13-10-14(11-13)18-16(21)4-6-22-8-9-23-7-5-17-12(2)19/h13-14H,3-11H2,1-2H3,(H,17,19)(H,18,21). The van der Waals surface area contributed by atoms with Gasteiger partial charge in [-0.15, -0.1) is 0 Å². The van der Waals surface area contributed by atoms with Gasteiger partial charge in [0.2, 0.25) is 11.8 Å². The molecule has 2 N–H and O–H groups in total. The zero-order valence-electron chi connectivity index (χ0n) is 14.1. The first-order valence-corrected chi connectivity index (χ1v) is 8.25. The molecule has 0 radical (unpaired) electrons. The van der Waals surface area contributed by atoms with Crippen molar-refractivity contribution in [1.82, 2.24) is 10.6 Å². The Morgan fingerprint density at radius 3 is 2.30 bits per heavy atom. The Hall–Kier alpha value is -1.47. The maximum absolute atomic E-state index is 11.7. The molecule has 132 valence electrons. The second-order valence-electron chi connectivity index (χ2n) is 5.71. The number of nitrogens with one attached hydrogen (secondary N) is 2. The molecule has 2 amide bonds. The average molecular weight is 328 g/mol. The summed E-state index contributed by atoms with van der Waals surface area (Å²) < 4.78 is 10.6. The van der Waals surface area contributed by atoms with Gasteiger partial charge in [0.15, 0.2) is 0 Å². The van der Waals surface area contributed by atoms with Gasteiger partial charge >= 0.3 is 0 Å². The quantitative estimate of drug-likeness (QED) is 0.506. The summed E-state index contributed by atoms with van der Waals surface area (Å²) in [5.41, 5.74) is 0. The third kappa shape index (κ3) is 8.66. The number of carbonyl (C=O) groups is 3. The lowest BCUT2D eigenvalue weighted by atomic mass is 9.77. The summed E-state index contributed by atoms with van der Waals surface area (Å²) in [7, 11) is 0. The third-order valence-corrected chi connectivity index (χ3v) is 3.77. The molecule has 0 aliphatic heterocycles. The van der Waals surface area contributed by atoms with Crippen molar-refractivity contribution in [2.24, 2.45) is 5.92 Å². The van der Waals surface area contributed by atoms with E-state index in [9.17, 15) is 14.4 Å². The third-order valence-electron chi connectivity index (χ3n) is 3.77. The average Bonchev–Trinajstić information content (AvgIpc) is 2.47. The highest BCUT2D eigenvalue weighted by Gasteiger charge is 2.33. The number of ketones is 1. The fourth-order valence-corrected chi connectivity index (χ4v) is 2.37. The fraction of sp³-hybridized carbons (Fsp3) is 0.812. The highest BCUT2D eigenvalue weighted by molar-refractivity contribution is 5.82. The summed E-state index contributed by atoms with van der Waals surface area (Å²) in [5, 5.41) is 5.54. The van der Waals surface area contributed by atoms with E-state index >= 15 is 0 Å². The number of ether oxygens (including phenoxy) is 2. The molecule has 0 aromatic heterocycles. The summed E-state index contributed by atoms with van der Waals surface area (Å²) in [6.45, 7) is 5.47. The van der Waals surface area contributed by atoms with Crippen molar-refractivity contribution in [3.63, 3.8) is 0 Å². The number of hydrogen-bond acceptors (Lipinski definition) is 5. The van der Waals surface area contributed by atoms with Crippen LogP contribution < -0.4 is 10.6 Å². The molecule has 0 unspecified atom stereocenters. The van der Waals surface area contributed by atoms with E-state index in [0.29, 0.717) is 45.8 Å². The molecule has 0 bridgehead atoms. The SMILES string of the molecule is CCC(=O)C1CC(NC(=O)CCOCCOCCNC(C)=O)C1. The monoisotopic (exact) mass is 328 g/mol. The molecular formula is C16H28N2O5. The van der Waals surface area contributed by atoms with E-state index in [1.54, 1.807) is 0 Å². The minimum atomic E-state index is -0.0762. The second-order valence-corrected chi connectivity index (χ2v) is 5.71. The normalized spacial score (nSPS) is 19.7. The highest BCUT2D eigenvalue weighted by Crippen LogP contribution is 2.29. The lowest BCUT2D eigenvalue weighted by Gasteiger charge is -2.34. The van der Waals surface area contributed by atoms with Gasteiger partial charge in [0.25, 0.3) is 0 Å². The van der Waals surface area contributed by atoms with Gasteiger partial charge in [-0.25, -0.2) is 0 Å².